The van der Waals surface area contributed by atoms with Crippen LogP contribution < -0.4 is 21.7 Å². The average Bonchev–Trinajstić information content (AvgIpc) is 2.46. The minimum absolute atomic E-state index is 0.301. The lowest BCUT2D eigenvalue weighted by Gasteiger charge is -2.26. The number of carbonyl (C=O) groups excluding carboxylic acids is 3. The summed E-state index contributed by atoms with van der Waals surface area (Å²) in [4.78, 5) is 46.4. The molecule has 10 heteroatoms. The van der Waals surface area contributed by atoms with Gasteiger partial charge in [-0.2, -0.15) is 0 Å². The molecule has 0 radical (unpaired) electrons. The van der Waals surface area contributed by atoms with Crippen molar-refractivity contribution in [2.75, 3.05) is 6.54 Å². The Kier molecular flexibility index (Phi) is 8.93. The van der Waals surface area contributed by atoms with Crippen LogP contribution in [0.5, 0.6) is 0 Å². The van der Waals surface area contributed by atoms with Gasteiger partial charge in [0.15, 0.2) is 0 Å². The van der Waals surface area contributed by atoms with Gasteiger partial charge in [0, 0.05) is 0 Å². The van der Waals surface area contributed by atoms with Crippen LogP contribution in [0.1, 0.15) is 27.7 Å². The number of carbonyl (C=O) groups is 4. The van der Waals surface area contributed by atoms with Crippen molar-refractivity contribution in [3.8, 4) is 0 Å². The van der Waals surface area contributed by atoms with Gasteiger partial charge >= 0.3 is 5.97 Å². The van der Waals surface area contributed by atoms with E-state index in [9.17, 15) is 24.3 Å². The van der Waals surface area contributed by atoms with E-state index in [2.05, 4.69) is 16.0 Å². The Bertz CT molecular complexity index is 478. The highest BCUT2D eigenvalue weighted by atomic mass is 16.4. The van der Waals surface area contributed by atoms with Crippen LogP contribution in [0, 0.1) is 5.92 Å². The number of rotatable bonds is 9. The summed E-state index contributed by atoms with van der Waals surface area (Å²) in [5, 5.41) is 25.1. The number of nitrogens with one attached hydrogen (secondary N) is 3. The van der Waals surface area contributed by atoms with Crippen LogP contribution in [0.2, 0.25) is 0 Å². The summed E-state index contributed by atoms with van der Waals surface area (Å²) >= 11 is 0. The molecule has 0 rings (SSSR count). The molecule has 4 unspecified atom stereocenters. The molecule has 4 atom stereocenters. The van der Waals surface area contributed by atoms with Crippen molar-refractivity contribution in [1.29, 1.82) is 0 Å². The first kappa shape index (κ1) is 21.8. The predicted molar refractivity (Wildman–Crippen MR) is 84.7 cm³/mol. The summed E-state index contributed by atoms with van der Waals surface area (Å²) in [6.07, 6.45) is -1.26. The molecule has 0 aliphatic carbocycles. The van der Waals surface area contributed by atoms with Gasteiger partial charge in [0.2, 0.25) is 17.7 Å². The Morgan fingerprint density at radius 1 is 0.917 bits per heavy atom. The highest BCUT2D eigenvalue weighted by molar-refractivity contribution is 5.93. The molecule has 0 heterocycles. The standard InChI is InChI=1S/C14H26N4O6/c1-6(2)10(17-12(22)7(3)15)14(24)18-11(8(4)19)13(23)16-5-9(20)21/h6-8,10-11,19H,5,15H2,1-4H3,(H,16,23)(H,17,22)(H,18,24)(H,20,21). The van der Waals surface area contributed by atoms with Crippen LogP contribution in [0.25, 0.3) is 0 Å². The van der Waals surface area contributed by atoms with E-state index in [1.54, 1.807) is 13.8 Å². The highest BCUT2D eigenvalue weighted by Gasteiger charge is 2.31. The number of hydrogen-bond acceptors (Lipinski definition) is 6. The number of carboxylic acids is 1. The van der Waals surface area contributed by atoms with E-state index in [-0.39, 0.29) is 5.92 Å². The molecule has 0 bridgehead atoms. The Morgan fingerprint density at radius 3 is 1.79 bits per heavy atom. The average molecular weight is 346 g/mol. The lowest BCUT2D eigenvalue weighted by molar-refractivity contribution is -0.139. The molecule has 10 nitrogen and oxygen atoms in total. The summed E-state index contributed by atoms with van der Waals surface area (Å²) < 4.78 is 0. The molecule has 24 heavy (non-hydrogen) atoms. The molecule has 0 aromatic heterocycles. The molecule has 0 saturated carbocycles. The largest absolute Gasteiger partial charge is 0.480 e. The van der Waals surface area contributed by atoms with Crippen molar-refractivity contribution in [3.63, 3.8) is 0 Å². The molecule has 0 aliphatic heterocycles. The lowest BCUT2D eigenvalue weighted by Crippen LogP contribution is -2.59. The molecule has 7 N–H and O–H groups in total. The van der Waals surface area contributed by atoms with Gasteiger partial charge in [-0.15, -0.1) is 0 Å². The SMILES string of the molecule is CC(N)C(=O)NC(C(=O)NC(C(=O)NCC(=O)O)C(C)O)C(C)C. The molecule has 3 amide bonds. The number of nitrogens with two attached hydrogens (primary N) is 1. The number of aliphatic hydroxyl groups is 1. The third kappa shape index (κ3) is 7.38. The van der Waals surface area contributed by atoms with E-state index in [1.165, 1.54) is 13.8 Å². The number of hydrogen-bond donors (Lipinski definition) is 6. The zero-order valence-electron chi connectivity index (χ0n) is 14.2. The fourth-order valence-corrected chi connectivity index (χ4v) is 1.74. The van der Waals surface area contributed by atoms with Crippen molar-refractivity contribution >= 4 is 23.7 Å². The number of amides is 3. The molecule has 0 aliphatic rings. The molecule has 0 aromatic carbocycles. The molecule has 0 aromatic rings. The minimum atomic E-state index is -1.36. The fraction of sp³-hybridized carbons (Fsp3) is 0.714. The Balaban J connectivity index is 5.03. The van der Waals surface area contributed by atoms with Gasteiger partial charge in [0.05, 0.1) is 12.1 Å². The monoisotopic (exact) mass is 346 g/mol. The molecular formula is C14H26N4O6. The summed E-state index contributed by atoms with van der Waals surface area (Å²) in [5.41, 5.74) is 5.45. The van der Waals surface area contributed by atoms with Gasteiger partial charge in [-0.05, 0) is 19.8 Å². The van der Waals surface area contributed by atoms with Gasteiger partial charge in [-0.3, -0.25) is 19.2 Å². The van der Waals surface area contributed by atoms with E-state index in [4.69, 9.17) is 10.8 Å². The van der Waals surface area contributed by atoms with Crippen molar-refractivity contribution in [2.24, 2.45) is 11.7 Å². The van der Waals surface area contributed by atoms with Crippen molar-refractivity contribution < 1.29 is 29.4 Å². The van der Waals surface area contributed by atoms with E-state index < -0.39 is 54.5 Å². The van der Waals surface area contributed by atoms with E-state index in [0.29, 0.717) is 0 Å². The zero-order chi connectivity index (χ0) is 19.0. The first-order valence-corrected chi connectivity index (χ1v) is 7.51. The summed E-state index contributed by atoms with van der Waals surface area (Å²) in [6, 6.07) is -3.13. The molecular weight excluding hydrogens is 320 g/mol. The van der Waals surface area contributed by atoms with Gasteiger partial charge in [-0.1, -0.05) is 13.8 Å². The second-order valence-corrected chi connectivity index (χ2v) is 5.86. The molecule has 0 saturated heterocycles. The third-order valence-corrected chi connectivity index (χ3v) is 3.14. The minimum Gasteiger partial charge on any atom is -0.480 e. The van der Waals surface area contributed by atoms with Crippen LogP contribution in [0.15, 0.2) is 0 Å². The maximum atomic E-state index is 12.3. The van der Waals surface area contributed by atoms with E-state index in [1.807, 2.05) is 0 Å². The second kappa shape index (κ2) is 9.83. The fourth-order valence-electron chi connectivity index (χ4n) is 1.74. The maximum Gasteiger partial charge on any atom is 0.322 e. The van der Waals surface area contributed by atoms with Crippen LogP contribution in [-0.2, 0) is 19.2 Å². The van der Waals surface area contributed by atoms with Crippen molar-refractivity contribution in [3.05, 3.63) is 0 Å². The Morgan fingerprint density at radius 2 is 1.42 bits per heavy atom. The summed E-state index contributed by atoms with van der Waals surface area (Å²) in [6.45, 7) is 5.47. The highest BCUT2D eigenvalue weighted by Crippen LogP contribution is 2.04. The van der Waals surface area contributed by atoms with Gasteiger partial charge < -0.3 is 31.9 Å². The molecule has 0 spiro atoms. The lowest BCUT2D eigenvalue weighted by atomic mass is 10.0. The molecule has 138 valence electrons. The van der Waals surface area contributed by atoms with Gasteiger partial charge in [0.25, 0.3) is 0 Å². The topological polar surface area (TPSA) is 171 Å². The molecule has 0 fully saturated rings. The van der Waals surface area contributed by atoms with E-state index >= 15 is 0 Å². The van der Waals surface area contributed by atoms with Gasteiger partial charge in [0.1, 0.15) is 18.6 Å². The van der Waals surface area contributed by atoms with Crippen LogP contribution >= 0.6 is 0 Å². The summed E-state index contributed by atoms with van der Waals surface area (Å²) in [5.74, 6) is -3.63. The zero-order valence-corrected chi connectivity index (χ0v) is 14.2. The smallest absolute Gasteiger partial charge is 0.322 e. The second-order valence-electron chi connectivity index (χ2n) is 5.86. The summed E-state index contributed by atoms with van der Waals surface area (Å²) in [7, 11) is 0. The van der Waals surface area contributed by atoms with Crippen molar-refractivity contribution in [2.45, 2.75) is 51.9 Å². The first-order valence-electron chi connectivity index (χ1n) is 7.51. The van der Waals surface area contributed by atoms with Crippen molar-refractivity contribution in [1.82, 2.24) is 16.0 Å². The van der Waals surface area contributed by atoms with Gasteiger partial charge in [-0.25, -0.2) is 0 Å². The normalized spacial score (nSPS) is 15.8. The number of carboxylic acid groups (broad SMARTS) is 1. The Hall–Kier alpha value is -2.20. The quantitative estimate of drug-likeness (QED) is 0.269. The Labute approximate surface area is 140 Å². The van der Waals surface area contributed by atoms with Crippen LogP contribution in [0.4, 0.5) is 0 Å². The van der Waals surface area contributed by atoms with Crippen LogP contribution in [-0.4, -0.2) is 64.7 Å². The number of aliphatic carboxylic acids is 1. The maximum absolute atomic E-state index is 12.3. The van der Waals surface area contributed by atoms with E-state index in [0.717, 1.165) is 0 Å². The first-order chi connectivity index (χ1) is 11.0. The number of aliphatic hydroxyl groups excluding tert-OH is 1. The van der Waals surface area contributed by atoms with Crippen LogP contribution in [0.3, 0.4) is 0 Å². The third-order valence-electron chi connectivity index (χ3n) is 3.14. The predicted octanol–water partition coefficient (Wildman–Crippen LogP) is -2.46.